The molecule has 178 valence electrons. The fourth-order valence-electron chi connectivity index (χ4n) is 5.22. The number of carbonyl (C=O) groups excluding carboxylic acids is 1. The van der Waals surface area contributed by atoms with Gasteiger partial charge in [-0.3, -0.25) is 4.79 Å². The molecule has 2 aliphatic rings. The summed E-state index contributed by atoms with van der Waals surface area (Å²) in [6.45, 7) is 3.15. The van der Waals surface area contributed by atoms with Crippen LogP contribution in [-0.2, 0) is 20.2 Å². The van der Waals surface area contributed by atoms with Gasteiger partial charge in [0, 0.05) is 31.0 Å². The van der Waals surface area contributed by atoms with Gasteiger partial charge in [0.25, 0.3) is 0 Å². The number of halogens is 1. The quantitative estimate of drug-likeness (QED) is 0.671. The Morgan fingerprint density at radius 1 is 1.00 bits per heavy atom. The third-order valence-electron chi connectivity index (χ3n) is 7.35. The summed E-state index contributed by atoms with van der Waals surface area (Å²) in [5, 5.41) is 3.17. The molecule has 4 rings (SSSR count). The predicted molar refractivity (Wildman–Crippen MR) is 127 cm³/mol. The molecule has 1 saturated heterocycles. The van der Waals surface area contributed by atoms with Crippen molar-refractivity contribution in [2.24, 2.45) is 5.92 Å². The molecule has 1 heterocycles. The molecule has 2 aromatic carbocycles. The van der Waals surface area contributed by atoms with Gasteiger partial charge in [0.15, 0.2) is 0 Å². The maximum absolute atomic E-state index is 13.5. The van der Waals surface area contributed by atoms with Crippen molar-refractivity contribution in [3.63, 3.8) is 0 Å². The summed E-state index contributed by atoms with van der Waals surface area (Å²) < 4.78 is 40.8. The van der Waals surface area contributed by atoms with Crippen LogP contribution in [0.5, 0.6) is 0 Å². The Kier molecular flexibility index (Phi) is 7.19. The van der Waals surface area contributed by atoms with Gasteiger partial charge in [-0.15, -0.1) is 0 Å². The van der Waals surface area contributed by atoms with Crippen molar-refractivity contribution in [1.82, 2.24) is 9.62 Å². The Bertz CT molecular complexity index is 1050. The summed E-state index contributed by atoms with van der Waals surface area (Å²) in [5.74, 6) is -0.445. The van der Waals surface area contributed by atoms with Crippen molar-refractivity contribution in [2.75, 3.05) is 19.6 Å². The van der Waals surface area contributed by atoms with E-state index in [4.69, 9.17) is 0 Å². The molecule has 5 nitrogen and oxygen atoms in total. The number of rotatable bonds is 6. The highest BCUT2D eigenvalue weighted by molar-refractivity contribution is 7.89. The number of hydrogen-bond donors (Lipinski definition) is 1. The van der Waals surface area contributed by atoms with E-state index in [0.717, 1.165) is 36.8 Å². The average molecular weight is 473 g/mol. The lowest BCUT2D eigenvalue weighted by Gasteiger charge is -2.39. The fourth-order valence-corrected chi connectivity index (χ4v) is 6.69. The number of aryl methyl sites for hydroxylation is 1. The Morgan fingerprint density at radius 2 is 1.61 bits per heavy atom. The van der Waals surface area contributed by atoms with E-state index >= 15 is 0 Å². The topological polar surface area (TPSA) is 66.5 Å². The van der Waals surface area contributed by atoms with E-state index in [-0.39, 0.29) is 23.1 Å². The Balaban J connectivity index is 1.36. The van der Waals surface area contributed by atoms with Crippen LogP contribution < -0.4 is 5.32 Å². The van der Waals surface area contributed by atoms with Crippen LogP contribution >= 0.6 is 0 Å². The highest BCUT2D eigenvalue weighted by atomic mass is 32.2. The lowest BCUT2D eigenvalue weighted by molar-refractivity contribution is -0.126. The molecule has 1 amide bonds. The van der Waals surface area contributed by atoms with Crippen molar-refractivity contribution in [2.45, 2.75) is 62.2 Å². The average Bonchev–Trinajstić information content (AvgIpc) is 2.84. The summed E-state index contributed by atoms with van der Waals surface area (Å²) in [7, 11) is -3.54. The number of benzene rings is 2. The monoisotopic (exact) mass is 472 g/mol. The molecular formula is C26H33FN2O3S. The van der Waals surface area contributed by atoms with Gasteiger partial charge in [-0.05, 0) is 62.4 Å². The van der Waals surface area contributed by atoms with Gasteiger partial charge in [0.1, 0.15) is 5.82 Å². The molecule has 1 N–H and O–H groups in total. The van der Waals surface area contributed by atoms with Crippen molar-refractivity contribution < 1.29 is 17.6 Å². The predicted octanol–water partition coefficient (Wildman–Crippen LogP) is 4.55. The van der Waals surface area contributed by atoms with E-state index in [9.17, 15) is 17.6 Å². The molecule has 2 aromatic rings. The summed E-state index contributed by atoms with van der Waals surface area (Å²) in [4.78, 5) is 13.3. The van der Waals surface area contributed by atoms with Gasteiger partial charge >= 0.3 is 0 Å². The number of nitrogens with one attached hydrogen (secondary N) is 1. The van der Waals surface area contributed by atoms with Crippen molar-refractivity contribution in [1.29, 1.82) is 0 Å². The second-order valence-electron chi connectivity index (χ2n) is 9.56. The summed E-state index contributed by atoms with van der Waals surface area (Å²) >= 11 is 0. The van der Waals surface area contributed by atoms with Crippen LogP contribution in [0.3, 0.4) is 0 Å². The van der Waals surface area contributed by atoms with Crippen LogP contribution in [-0.4, -0.2) is 38.3 Å². The van der Waals surface area contributed by atoms with Crippen LogP contribution in [0.15, 0.2) is 53.4 Å². The highest BCUT2D eigenvalue weighted by Crippen LogP contribution is 2.39. The Hall–Kier alpha value is -2.25. The molecular weight excluding hydrogens is 439 g/mol. The zero-order chi connectivity index (χ0) is 23.5. The second-order valence-corrected chi connectivity index (χ2v) is 11.5. The molecule has 0 radical (unpaired) electrons. The number of amides is 1. The first-order valence-corrected chi connectivity index (χ1v) is 13.3. The zero-order valence-electron chi connectivity index (χ0n) is 19.2. The fraction of sp³-hybridized carbons (Fsp3) is 0.500. The van der Waals surface area contributed by atoms with E-state index in [0.29, 0.717) is 37.4 Å². The summed E-state index contributed by atoms with van der Waals surface area (Å²) in [5.41, 5.74) is 1.94. The Morgan fingerprint density at radius 3 is 2.21 bits per heavy atom. The van der Waals surface area contributed by atoms with Crippen molar-refractivity contribution in [3.05, 3.63) is 65.5 Å². The molecule has 0 atom stereocenters. The molecule has 33 heavy (non-hydrogen) atoms. The van der Waals surface area contributed by atoms with E-state index in [1.54, 1.807) is 24.3 Å². The van der Waals surface area contributed by atoms with E-state index in [1.807, 2.05) is 19.1 Å². The summed E-state index contributed by atoms with van der Waals surface area (Å²) in [6, 6.07) is 13.6. The number of piperidine rings is 1. The van der Waals surface area contributed by atoms with Gasteiger partial charge < -0.3 is 5.32 Å². The molecule has 1 aliphatic carbocycles. The van der Waals surface area contributed by atoms with E-state index in [2.05, 4.69) is 5.32 Å². The lowest BCUT2D eigenvalue weighted by atomic mass is 9.69. The van der Waals surface area contributed by atoms with Gasteiger partial charge in [0.2, 0.25) is 15.9 Å². The minimum absolute atomic E-state index is 0.00514. The first kappa shape index (κ1) is 23.9. The van der Waals surface area contributed by atoms with Gasteiger partial charge in [-0.2, -0.15) is 4.31 Å². The van der Waals surface area contributed by atoms with Gasteiger partial charge in [-0.25, -0.2) is 12.8 Å². The van der Waals surface area contributed by atoms with Crippen LogP contribution in [0, 0.1) is 18.7 Å². The van der Waals surface area contributed by atoms with Crippen molar-refractivity contribution >= 4 is 15.9 Å². The molecule has 0 unspecified atom stereocenters. The molecule has 7 heteroatoms. The Labute approximate surface area is 196 Å². The maximum atomic E-state index is 13.5. The number of sulfonamides is 1. The number of carbonyl (C=O) groups is 1. The maximum Gasteiger partial charge on any atom is 0.243 e. The number of nitrogens with zero attached hydrogens (tertiary/aromatic N) is 1. The second kappa shape index (κ2) is 9.94. The van der Waals surface area contributed by atoms with Crippen LogP contribution in [0.1, 0.15) is 56.1 Å². The molecule has 1 aliphatic heterocycles. The molecule has 2 fully saturated rings. The highest BCUT2D eigenvalue weighted by Gasteiger charge is 2.36. The lowest BCUT2D eigenvalue weighted by Crippen LogP contribution is -2.47. The third kappa shape index (κ3) is 5.30. The minimum Gasteiger partial charge on any atom is -0.355 e. The largest absolute Gasteiger partial charge is 0.355 e. The smallest absolute Gasteiger partial charge is 0.243 e. The minimum atomic E-state index is -3.54. The van der Waals surface area contributed by atoms with Gasteiger partial charge in [-0.1, -0.05) is 49.1 Å². The van der Waals surface area contributed by atoms with Crippen LogP contribution in [0.2, 0.25) is 0 Å². The molecule has 0 aromatic heterocycles. The molecule has 0 spiro atoms. The third-order valence-corrected chi connectivity index (χ3v) is 9.26. The van der Waals surface area contributed by atoms with Gasteiger partial charge in [0.05, 0.1) is 4.90 Å². The zero-order valence-corrected chi connectivity index (χ0v) is 20.0. The molecule has 0 bridgehead atoms. The van der Waals surface area contributed by atoms with Crippen LogP contribution in [0.25, 0.3) is 0 Å². The normalized spacial score (nSPS) is 19.8. The first-order chi connectivity index (χ1) is 15.8. The number of hydrogen-bond acceptors (Lipinski definition) is 3. The van der Waals surface area contributed by atoms with E-state index < -0.39 is 10.0 Å². The van der Waals surface area contributed by atoms with Crippen LogP contribution in [0.4, 0.5) is 4.39 Å². The first-order valence-electron chi connectivity index (χ1n) is 11.9. The summed E-state index contributed by atoms with van der Waals surface area (Å²) in [6.07, 6.45) is 6.37. The standard InChI is InChI=1S/C26H33FN2O3S/c1-20-5-11-24(12-6-20)33(31,32)29-17-13-21(14-18-29)25(30)28-19-26(15-3-2-4-16-26)22-7-9-23(27)10-8-22/h5-12,21H,2-4,13-19H2,1H3,(H,28,30). The SMILES string of the molecule is Cc1ccc(S(=O)(=O)N2CCC(C(=O)NCC3(c4ccc(F)cc4)CCCCC3)CC2)cc1. The van der Waals surface area contributed by atoms with E-state index in [1.165, 1.54) is 22.9 Å². The molecule has 1 saturated carbocycles. The van der Waals surface area contributed by atoms with Crippen molar-refractivity contribution in [3.8, 4) is 0 Å².